The first-order chi connectivity index (χ1) is 6.13. The fourth-order valence-corrected chi connectivity index (χ4v) is 1.15. The van der Waals surface area contributed by atoms with Crippen LogP contribution in [0.2, 0.25) is 0 Å². The van der Waals surface area contributed by atoms with Crippen LogP contribution in [0.1, 0.15) is 12.5 Å². The van der Waals surface area contributed by atoms with Gasteiger partial charge in [0, 0.05) is 5.92 Å². The lowest BCUT2D eigenvalue weighted by molar-refractivity contribution is -0.110. The lowest BCUT2D eigenvalue weighted by Crippen LogP contribution is -2.01. The normalized spacial score (nSPS) is 12.4. The molecule has 3 heteroatoms. The van der Waals surface area contributed by atoms with Crippen molar-refractivity contribution in [2.24, 2.45) is 5.92 Å². The van der Waals surface area contributed by atoms with Crippen LogP contribution in [0.25, 0.3) is 0 Å². The van der Waals surface area contributed by atoms with Crippen molar-refractivity contribution in [3.63, 3.8) is 0 Å². The molecule has 1 aromatic carbocycles. The Hall–Kier alpha value is -1.51. The molecule has 0 amide bonds. The predicted molar refractivity (Wildman–Crippen MR) is 51.5 cm³/mol. The lowest BCUT2D eigenvalue weighted by Gasteiger charge is -2.05. The second-order valence-corrected chi connectivity index (χ2v) is 3.21. The first-order valence-electron chi connectivity index (χ1n) is 4.16. The van der Waals surface area contributed by atoms with Gasteiger partial charge in [0.15, 0.2) is 0 Å². The highest BCUT2D eigenvalue weighted by molar-refractivity contribution is 5.56. The number of anilines is 1. The van der Waals surface area contributed by atoms with Crippen LogP contribution in [-0.4, -0.2) is 11.4 Å². The number of aldehydes is 1. The summed E-state index contributed by atoms with van der Waals surface area (Å²) in [5.74, 6) is 0.0754. The van der Waals surface area contributed by atoms with Gasteiger partial charge in [-0.3, -0.25) is 0 Å². The Balaban J connectivity index is 2.79. The summed E-state index contributed by atoms with van der Waals surface area (Å²) in [5.41, 5.74) is 6.82. The summed E-state index contributed by atoms with van der Waals surface area (Å²) in [4.78, 5) is 10.4. The van der Waals surface area contributed by atoms with E-state index < -0.39 is 0 Å². The van der Waals surface area contributed by atoms with Gasteiger partial charge in [-0.2, -0.15) is 0 Å². The number of hydrogen-bond acceptors (Lipinski definition) is 3. The molecule has 0 bridgehead atoms. The molecule has 1 rings (SSSR count). The molecule has 0 saturated carbocycles. The summed E-state index contributed by atoms with van der Waals surface area (Å²) < 4.78 is 0. The number of nitrogens with two attached hydrogens (primary N) is 1. The number of aromatic hydroxyl groups is 1. The average molecular weight is 179 g/mol. The van der Waals surface area contributed by atoms with Crippen LogP contribution in [0.4, 0.5) is 5.69 Å². The van der Waals surface area contributed by atoms with E-state index in [1.807, 2.05) is 6.92 Å². The molecule has 0 aliphatic carbocycles. The second kappa shape index (κ2) is 3.94. The minimum Gasteiger partial charge on any atom is -0.506 e. The Labute approximate surface area is 77.2 Å². The van der Waals surface area contributed by atoms with Gasteiger partial charge in [0.1, 0.15) is 12.0 Å². The van der Waals surface area contributed by atoms with Crippen molar-refractivity contribution in [3.05, 3.63) is 23.8 Å². The predicted octanol–water partition coefficient (Wildman–Crippen LogP) is 1.35. The van der Waals surface area contributed by atoms with Crippen LogP contribution >= 0.6 is 0 Å². The molecule has 70 valence electrons. The van der Waals surface area contributed by atoms with Gasteiger partial charge in [0.25, 0.3) is 0 Å². The molecule has 0 aliphatic rings. The Morgan fingerprint density at radius 3 is 2.85 bits per heavy atom. The number of phenolic OH excluding ortho intramolecular Hbond substituents is 1. The summed E-state index contributed by atoms with van der Waals surface area (Å²) >= 11 is 0. The smallest absolute Gasteiger partial charge is 0.138 e. The van der Waals surface area contributed by atoms with Crippen LogP contribution in [-0.2, 0) is 11.2 Å². The molecule has 0 aliphatic heterocycles. The fourth-order valence-electron chi connectivity index (χ4n) is 1.15. The van der Waals surface area contributed by atoms with Gasteiger partial charge < -0.3 is 15.6 Å². The molecule has 0 spiro atoms. The summed E-state index contributed by atoms with van der Waals surface area (Å²) in [6.07, 6.45) is 1.57. The molecule has 0 radical (unpaired) electrons. The fraction of sp³-hybridized carbons (Fsp3) is 0.300. The summed E-state index contributed by atoms with van der Waals surface area (Å²) in [6, 6.07) is 5.00. The van der Waals surface area contributed by atoms with Crippen LogP contribution < -0.4 is 5.73 Å². The van der Waals surface area contributed by atoms with Crippen molar-refractivity contribution in [3.8, 4) is 5.75 Å². The zero-order chi connectivity index (χ0) is 9.84. The van der Waals surface area contributed by atoms with Gasteiger partial charge in [-0.05, 0) is 24.1 Å². The third-order valence-electron chi connectivity index (χ3n) is 1.88. The number of carbonyl (C=O) groups excluding carboxylic acids is 1. The standard InChI is InChI=1S/C10H13NO2/c1-7(6-12)4-8-2-3-10(13)9(11)5-8/h2-3,5-7,13H,4,11H2,1H3. The van der Waals surface area contributed by atoms with E-state index in [4.69, 9.17) is 10.8 Å². The molecule has 0 saturated heterocycles. The minimum atomic E-state index is -0.0102. The van der Waals surface area contributed by atoms with Crippen molar-refractivity contribution in [2.45, 2.75) is 13.3 Å². The van der Waals surface area contributed by atoms with Gasteiger partial charge >= 0.3 is 0 Å². The highest BCUT2D eigenvalue weighted by atomic mass is 16.3. The van der Waals surface area contributed by atoms with E-state index in [1.165, 1.54) is 0 Å². The molecule has 3 nitrogen and oxygen atoms in total. The topological polar surface area (TPSA) is 63.3 Å². The molecule has 3 N–H and O–H groups in total. The van der Waals surface area contributed by atoms with Crippen molar-refractivity contribution < 1.29 is 9.90 Å². The molecule has 0 heterocycles. The number of benzene rings is 1. The van der Waals surface area contributed by atoms with Crippen LogP contribution in [0.5, 0.6) is 5.75 Å². The molecule has 1 unspecified atom stereocenters. The monoisotopic (exact) mass is 179 g/mol. The van der Waals surface area contributed by atoms with Crippen molar-refractivity contribution in [1.82, 2.24) is 0 Å². The molecular weight excluding hydrogens is 166 g/mol. The Bertz CT molecular complexity index is 310. The maximum atomic E-state index is 10.4. The van der Waals surface area contributed by atoms with Gasteiger partial charge in [0.05, 0.1) is 5.69 Å². The van der Waals surface area contributed by atoms with E-state index in [9.17, 15) is 4.79 Å². The SMILES string of the molecule is CC(C=O)Cc1ccc(O)c(N)c1. The number of nitrogen functional groups attached to an aromatic ring is 1. The molecule has 1 aromatic rings. The van der Waals surface area contributed by atoms with Gasteiger partial charge in [-0.15, -0.1) is 0 Å². The first-order valence-corrected chi connectivity index (χ1v) is 4.16. The maximum absolute atomic E-state index is 10.4. The molecule has 0 aromatic heterocycles. The maximum Gasteiger partial charge on any atom is 0.138 e. The summed E-state index contributed by atoms with van der Waals surface area (Å²) in [7, 11) is 0. The van der Waals surface area contributed by atoms with E-state index in [0.29, 0.717) is 12.1 Å². The quantitative estimate of drug-likeness (QED) is 0.418. The molecule has 0 fully saturated rings. The Kier molecular flexibility index (Phi) is 2.90. The van der Waals surface area contributed by atoms with E-state index in [1.54, 1.807) is 18.2 Å². The Morgan fingerprint density at radius 1 is 1.62 bits per heavy atom. The summed E-state index contributed by atoms with van der Waals surface area (Å²) in [5, 5.41) is 9.14. The van der Waals surface area contributed by atoms with Gasteiger partial charge in [-0.25, -0.2) is 0 Å². The largest absolute Gasteiger partial charge is 0.506 e. The number of phenols is 1. The number of rotatable bonds is 3. The van der Waals surface area contributed by atoms with Crippen LogP contribution in [0.3, 0.4) is 0 Å². The van der Waals surface area contributed by atoms with E-state index in [0.717, 1.165) is 11.8 Å². The lowest BCUT2D eigenvalue weighted by atomic mass is 10.0. The van der Waals surface area contributed by atoms with Gasteiger partial charge in [0.2, 0.25) is 0 Å². The van der Waals surface area contributed by atoms with Crippen molar-refractivity contribution in [2.75, 3.05) is 5.73 Å². The molecule has 13 heavy (non-hydrogen) atoms. The Morgan fingerprint density at radius 2 is 2.31 bits per heavy atom. The van der Waals surface area contributed by atoms with Crippen LogP contribution in [0, 0.1) is 5.92 Å². The third-order valence-corrected chi connectivity index (χ3v) is 1.88. The minimum absolute atomic E-state index is 0.0102. The molecular formula is C10H13NO2. The van der Waals surface area contributed by atoms with E-state index in [-0.39, 0.29) is 11.7 Å². The third kappa shape index (κ3) is 2.47. The summed E-state index contributed by atoms with van der Waals surface area (Å²) in [6.45, 7) is 1.84. The number of hydrogen-bond donors (Lipinski definition) is 2. The highest BCUT2D eigenvalue weighted by Gasteiger charge is 2.03. The second-order valence-electron chi connectivity index (χ2n) is 3.21. The van der Waals surface area contributed by atoms with Gasteiger partial charge in [-0.1, -0.05) is 13.0 Å². The average Bonchev–Trinajstić information content (AvgIpc) is 2.11. The zero-order valence-corrected chi connectivity index (χ0v) is 7.53. The highest BCUT2D eigenvalue weighted by Crippen LogP contribution is 2.21. The zero-order valence-electron chi connectivity index (χ0n) is 7.53. The van der Waals surface area contributed by atoms with E-state index in [2.05, 4.69) is 0 Å². The first kappa shape index (κ1) is 9.58. The van der Waals surface area contributed by atoms with Crippen LogP contribution in [0.15, 0.2) is 18.2 Å². The van der Waals surface area contributed by atoms with E-state index >= 15 is 0 Å². The molecule has 1 atom stereocenters. The number of carbonyl (C=O) groups is 1. The van der Waals surface area contributed by atoms with Crippen molar-refractivity contribution >= 4 is 12.0 Å². The van der Waals surface area contributed by atoms with Crippen molar-refractivity contribution in [1.29, 1.82) is 0 Å².